The van der Waals surface area contributed by atoms with Crippen LogP contribution < -0.4 is 10.5 Å². The van der Waals surface area contributed by atoms with Crippen LogP contribution in [0, 0.1) is 18.3 Å². The summed E-state index contributed by atoms with van der Waals surface area (Å²) < 4.78 is 5.93. The Labute approximate surface area is 119 Å². The Morgan fingerprint density at radius 2 is 1.95 bits per heavy atom. The van der Waals surface area contributed by atoms with Crippen molar-refractivity contribution in [3.63, 3.8) is 0 Å². The first-order valence-electron chi connectivity index (χ1n) is 6.62. The average Bonchev–Trinajstić information content (AvgIpc) is 2.47. The lowest BCUT2D eigenvalue weighted by atomic mass is 10.1. The lowest BCUT2D eigenvalue weighted by Gasteiger charge is -2.18. The van der Waals surface area contributed by atoms with E-state index in [1.807, 2.05) is 49.4 Å². The van der Waals surface area contributed by atoms with Gasteiger partial charge in [0.05, 0.1) is 12.5 Å². The van der Waals surface area contributed by atoms with Gasteiger partial charge in [-0.25, -0.2) is 0 Å². The van der Waals surface area contributed by atoms with Crippen molar-refractivity contribution < 1.29 is 4.74 Å². The maximum absolute atomic E-state index is 8.65. The van der Waals surface area contributed by atoms with Crippen LogP contribution in [0.4, 0.5) is 0 Å². The van der Waals surface area contributed by atoms with Crippen molar-refractivity contribution in [2.24, 2.45) is 5.73 Å². The minimum Gasteiger partial charge on any atom is -0.484 e. The number of rotatable bonds is 5. The van der Waals surface area contributed by atoms with Crippen LogP contribution in [-0.2, 0) is 6.42 Å². The molecule has 0 aromatic heterocycles. The van der Waals surface area contributed by atoms with Crippen LogP contribution in [0.25, 0.3) is 0 Å². The predicted octanol–water partition coefficient (Wildman–Crippen LogP) is 3.14. The van der Waals surface area contributed by atoms with Gasteiger partial charge in [0, 0.05) is 6.54 Å². The second-order valence-electron chi connectivity index (χ2n) is 4.74. The van der Waals surface area contributed by atoms with Gasteiger partial charge in [0.1, 0.15) is 11.9 Å². The summed E-state index contributed by atoms with van der Waals surface area (Å²) in [6.07, 6.45) is 0.259. The fourth-order valence-corrected chi connectivity index (χ4v) is 2.06. The number of nitrogens with two attached hydrogens (primary N) is 1. The molecule has 2 rings (SSSR count). The van der Waals surface area contributed by atoms with E-state index in [0.717, 1.165) is 16.9 Å². The molecule has 0 radical (unpaired) electrons. The molecule has 0 spiro atoms. The lowest BCUT2D eigenvalue weighted by molar-refractivity contribution is 0.214. The van der Waals surface area contributed by atoms with Gasteiger partial charge in [0.2, 0.25) is 0 Å². The number of hydrogen-bond acceptors (Lipinski definition) is 3. The second-order valence-corrected chi connectivity index (χ2v) is 4.74. The maximum Gasteiger partial charge on any atom is 0.136 e. The summed E-state index contributed by atoms with van der Waals surface area (Å²) in [7, 11) is 0. The van der Waals surface area contributed by atoms with Crippen LogP contribution in [0.15, 0.2) is 48.5 Å². The topological polar surface area (TPSA) is 59.0 Å². The van der Waals surface area contributed by atoms with Crippen LogP contribution in [0.2, 0.25) is 0 Å². The standard InChI is InChI=1S/C17H18N2O/c1-13-3-2-4-15(11-13)17(12-19)20-16-7-5-14(6-8-16)9-10-18/h2-8,11,17H,9,12,19H2,1H3. The number of benzene rings is 2. The normalized spacial score (nSPS) is 11.7. The highest BCUT2D eigenvalue weighted by molar-refractivity contribution is 5.30. The van der Waals surface area contributed by atoms with E-state index in [0.29, 0.717) is 13.0 Å². The third kappa shape index (κ3) is 3.59. The first-order valence-corrected chi connectivity index (χ1v) is 6.62. The number of nitriles is 1. The first-order chi connectivity index (χ1) is 9.72. The largest absolute Gasteiger partial charge is 0.484 e. The van der Waals surface area contributed by atoms with E-state index in [9.17, 15) is 0 Å². The van der Waals surface area contributed by atoms with E-state index in [-0.39, 0.29) is 6.10 Å². The molecule has 2 N–H and O–H groups in total. The molecular formula is C17H18N2O. The van der Waals surface area contributed by atoms with E-state index < -0.39 is 0 Å². The maximum atomic E-state index is 8.65. The fourth-order valence-electron chi connectivity index (χ4n) is 2.06. The number of hydrogen-bond donors (Lipinski definition) is 1. The van der Waals surface area contributed by atoms with Crippen molar-refractivity contribution in [3.05, 3.63) is 65.2 Å². The van der Waals surface area contributed by atoms with Gasteiger partial charge in [-0.3, -0.25) is 0 Å². The number of aryl methyl sites for hydroxylation is 1. The molecule has 0 heterocycles. The Balaban J connectivity index is 2.12. The summed E-state index contributed by atoms with van der Waals surface area (Å²) in [5.41, 5.74) is 9.06. The summed E-state index contributed by atoms with van der Waals surface area (Å²) in [6, 6.07) is 17.9. The van der Waals surface area contributed by atoms with Crippen LogP contribution >= 0.6 is 0 Å². The summed E-state index contributed by atoms with van der Waals surface area (Å²) in [4.78, 5) is 0. The zero-order valence-electron chi connectivity index (χ0n) is 11.5. The fraction of sp³-hybridized carbons (Fsp3) is 0.235. The van der Waals surface area contributed by atoms with Crippen molar-refractivity contribution in [2.75, 3.05) is 6.54 Å². The molecule has 0 saturated heterocycles. The summed E-state index contributed by atoms with van der Waals surface area (Å²) in [5.74, 6) is 0.767. The molecule has 2 aromatic rings. The SMILES string of the molecule is Cc1cccc(C(CN)Oc2ccc(CC#N)cc2)c1. The Morgan fingerprint density at radius 3 is 2.55 bits per heavy atom. The summed E-state index contributed by atoms with van der Waals surface area (Å²) >= 11 is 0. The van der Waals surface area contributed by atoms with E-state index in [1.54, 1.807) is 0 Å². The molecule has 0 aliphatic heterocycles. The van der Waals surface area contributed by atoms with Crippen molar-refractivity contribution in [1.29, 1.82) is 5.26 Å². The van der Waals surface area contributed by atoms with E-state index in [4.69, 9.17) is 15.7 Å². The van der Waals surface area contributed by atoms with Gasteiger partial charge >= 0.3 is 0 Å². The Kier molecular flexibility index (Phi) is 4.75. The van der Waals surface area contributed by atoms with Crippen molar-refractivity contribution in [2.45, 2.75) is 19.4 Å². The molecule has 1 unspecified atom stereocenters. The molecule has 20 heavy (non-hydrogen) atoms. The Morgan fingerprint density at radius 1 is 1.20 bits per heavy atom. The molecule has 2 aromatic carbocycles. The molecule has 0 saturated carbocycles. The molecule has 0 amide bonds. The van der Waals surface area contributed by atoms with Crippen molar-refractivity contribution in [3.8, 4) is 11.8 Å². The molecule has 1 atom stereocenters. The van der Waals surface area contributed by atoms with Gasteiger partial charge in [-0.2, -0.15) is 5.26 Å². The second kappa shape index (κ2) is 6.74. The highest BCUT2D eigenvalue weighted by Crippen LogP contribution is 2.22. The average molecular weight is 266 g/mol. The predicted molar refractivity (Wildman–Crippen MR) is 79.4 cm³/mol. The summed E-state index contributed by atoms with van der Waals surface area (Å²) in [6.45, 7) is 2.47. The van der Waals surface area contributed by atoms with Gasteiger partial charge in [0.25, 0.3) is 0 Å². The molecule has 3 heteroatoms. The number of ether oxygens (including phenoxy) is 1. The van der Waals surface area contributed by atoms with Gasteiger partial charge in [-0.15, -0.1) is 0 Å². The number of nitrogens with zero attached hydrogens (tertiary/aromatic N) is 1. The lowest BCUT2D eigenvalue weighted by Crippen LogP contribution is -2.18. The van der Waals surface area contributed by atoms with Crippen LogP contribution in [0.5, 0.6) is 5.75 Å². The van der Waals surface area contributed by atoms with E-state index >= 15 is 0 Å². The zero-order valence-corrected chi connectivity index (χ0v) is 11.5. The van der Waals surface area contributed by atoms with E-state index in [1.165, 1.54) is 5.56 Å². The smallest absolute Gasteiger partial charge is 0.136 e. The third-order valence-corrected chi connectivity index (χ3v) is 3.11. The molecule has 0 fully saturated rings. The zero-order chi connectivity index (χ0) is 14.4. The molecule has 0 aliphatic rings. The Hall–Kier alpha value is -2.31. The molecular weight excluding hydrogens is 248 g/mol. The van der Waals surface area contributed by atoms with Crippen LogP contribution in [-0.4, -0.2) is 6.54 Å². The quantitative estimate of drug-likeness (QED) is 0.904. The first kappa shape index (κ1) is 14.1. The van der Waals surface area contributed by atoms with Crippen molar-refractivity contribution >= 4 is 0 Å². The van der Waals surface area contributed by atoms with Gasteiger partial charge in [0.15, 0.2) is 0 Å². The van der Waals surface area contributed by atoms with Crippen molar-refractivity contribution in [1.82, 2.24) is 0 Å². The minimum atomic E-state index is -0.156. The third-order valence-electron chi connectivity index (χ3n) is 3.11. The Bertz CT molecular complexity index is 599. The van der Waals surface area contributed by atoms with Crippen LogP contribution in [0.3, 0.4) is 0 Å². The molecule has 3 nitrogen and oxygen atoms in total. The highest BCUT2D eigenvalue weighted by Gasteiger charge is 2.11. The van der Waals surface area contributed by atoms with Gasteiger partial charge in [-0.1, -0.05) is 42.0 Å². The van der Waals surface area contributed by atoms with Gasteiger partial charge < -0.3 is 10.5 Å². The highest BCUT2D eigenvalue weighted by atomic mass is 16.5. The monoisotopic (exact) mass is 266 g/mol. The van der Waals surface area contributed by atoms with Crippen LogP contribution in [0.1, 0.15) is 22.8 Å². The molecule has 0 bridgehead atoms. The molecule has 0 aliphatic carbocycles. The summed E-state index contributed by atoms with van der Waals surface area (Å²) in [5, 5.41) is 8.65. The molecule has 102 valence electrons. The van der Waals surface area contributed by atoms with Gasteiger partial charge in [-0.05, 0) is 30.2 Å². The van der Waals surface area contributed by atoms with E-state index in [2.05, 4.69) is 12.1 Å². The minimum absolute atomic E-state index is 0.156.